The molecule has 1 fully saturated rings. The van der Waals surface area contributed by atoms with E-state index in [0.29, 0.717) is 6.54 Å². The van der Waals surface area contributed by atoms with Gasteiger partial charge in [0.2, 0.25) is 0 Å². The zero-order chi connectivity index (χ0) is 14.9. The van der Waals surface area contributed by atoms with E-state index in [4.69, 9.17) is 4.74 Å². The van der Waals surface area contributed by atoms with Crippen LogP contribution in [0.3, 0.4) is 0 Å². The van der Waals surface area contributed by atoms with Crippen molar-refractivity contribution in [1.82, 2.24) is 4.90 Å². The minimum atomic E-state index is -0.391. The van der Waals surface area contributed by atoms with Crippen LogP contribution in [-0.2, 0) is 11.2 Å². The van der Waals surface area contributed by atoms with E-state index < -0.39 is 6.10 Å². The SMILES string of the molecule is CCCCCCc1ccc(C(O)CN2CCOCC2)cc1. The maximum absolute atomic E-state index is 10.3. The Morgan fingerprint density at radius 2 is 1.81 bits per heavy atom. The average Bonchev–Trinajstić information content (AvgIpc) is 2.53. The highest BCUT2D eigenvalue weighted by Crippen LogP contribution is 2.17. The highest BCUT2D eigenvalue weighted by Gasteiger charge is 2.15. The number of β-amino-alcohol motifs (C(OH)–C–C–N with tert-alkyl or cyclic N) is 1. The Hall–Kier alpha value is -0.900. The molecule has 0 aliphatic carbocycles. The standard InChI is InChI=1S/C18H29NO2/c1-2-3-4-5-6-16-7-9-17(10-8-16)18(20)15-19-11-13-21-14-12-19/h7-10,18,20H,2-6,11-15H2,1H3. The summed E-state index contributed by atoms with van der Waals surface area (Å²) < 4.78 is 5.33. The summed E-state index contributed by atoms with van der Waals surface area (Å²) in [5.74, 6) is 0. The Morgan fingerprint density at radius 3 is 2.48 bits per heavy atom. The number of ether oxygens (including phenoxy) is 1. The van der Waals surface area contributed by atoms with E-state index in [-0.39, 0.29) is 0 Å². The van der Waals surface area contributed by atoms with Gasteiger partial charge in [-0.1, -0.05) is 50.5 Å². The van der Waals surface area contributed by atoms with Crippen molar-refractivity contribution < 1.29 is 9.84 Å². The molecule has 1 aliphatic rings. The lowest BCUT2D eigenvalue weighted by Crippen LogP contribution is -2.38. The lowest BCUT2D eigenvalue weighted by molar-refractivity contribution is 0.0143. The molecule has 3 heteroatoms. The van der Waals surface area contributed by atoms with Gasteiger partial charge in [0.1, 0.15) is 0 Å². The largest absolute Gasteiger partial charge is 0.387 e. The quantitative estimate of drug-likeness (QED) is 0.747. The molecule has 2 rings (SSSR count). The van der Waals surface area contributed by atoms with Crippen LogP contribution >= 0.6 is 0 Å². The van der Waals surface area contributed by atoms with Gasteiger partial charge in [0.25, 0.3) is 0 Å². The number of unbranched alkanes of at least 4 members (excludes halogenated alkanes) is 3. The first kappa shape index (κ1) is 16.5. The molecule has 3 nitrogen and oxygen atoms in total. The van der Waals surface area contributed by atoms with Crippen LogP contribution in [0.5, 0.6) is 0 Å². The maximum Gasteiger partial charge on any atom is 0.0916 e. The molecule has 0 bridgehead atoms. The minimum Gasteiger partial charge on any atom is -0.387 e. The van der Waals surface area contributed by atoms with E-state index in [1.54, 1.807) is 0 Å². The number of benzene rings is 1. The van der Waals surface area contributed by atoms with E-state index in [0.717, 1.165) is 38.3 Å². The Balaban J connectivity index is 1.77. The molecule has 1 saturated heterocycles. The summed E-state index contributed by atoms with van der Waals surface area (Å²) in [5, 5.41) is 10.3. The molecule has 21 heavy (non-hydrogen) atoms. The van der Waals surface area contributed by atoms with Gasteiger partial charge in [0.05, 0.1) is 19.3 Å². The van der Waals surface area contributed by atoms with Crippen molar-refractivity contribution in [3.05, 3.63) is 35.4 Å². The maximum atomic E-state index is 10.3. The molecule has 1 atom stereocenters. The van der Waals surface area contributed by atoms with Gasteiger partial charge in [-0.15, -0.1) is 0 Å². The van der Waals surface area contributed by atoms with Crippen molar-refractivity contribution in [2.24, 2.45) is 0 Å². The van der Waals surface area contributed by atoms with Crippen LogP contribution in [-0.4, -0.2) is 42.9 Å². The van der Waals surface area contributed by atoms with Gasteiger partial charge in [-0.25, -0.2) is 0 Å². The number of aliphatic hydroxyl groups excluding tert-OH is 1. The lowest BCUT2D eigenvalue weighted by Gasteiger charge is -2.28. The molecule has 0 aromatic heterocycles. The van der Waals surface area contributed by atoms with Crippen molar-refractivity contribution in [2.75, 3.05) is 32.8 Å². The van der Waals surface area contributed by atoms with E-state index in [1.165, 1.54) is 31.2 Å². The molecule has 0 spiro atoms. The average molecular weight is 291 g/mol. The van der Waals surface area contributed by atoms with Crippen molar-refractivity contribution in [1.29, 1.82) is 0 Å². The van der Waals surface area contributed by atoms with Crippen LogP contribution in [0.25, 0.3) is 0 Å². The number of aryl methyl sites for hydroxylation is 1. The van der Waals surface area contributed by atoms with Gasteiger partial charge in [-0.2, -0.15) is 0 Å². The van der Waals surface area contributed by atoms with Crippen molar-refractivity contribution in [3.63, 3.8) is 0 Å². The van der Waals surface area contributed by atoms with E-state index in [2.05, 4.69) is 36.1 Å². The third-order valence-electron chi connectivity index (χ3n) is 4.22. The fraction of sp³-hybridized carbons (Fsp3) is 0.667. The smallest absolute Gasteiger partial charge is 0.0916 e. The molecule has 118 valence electrons. The van der Waals surface area contributed by atoms with E-state index in [9.17, 15) is 5.11 Å². The molecular weight excluding hydrogens is 262 g/mol. The highest BCUT2D eigenvalue weighted by atomic mass is 16.5. The van der Waals surface area contributed by atoms with Crippen LogP contribution in [0.4, 0.5) is 0 Å². The topological polar surface area (TPSA) is 32.7 Å². The molecule has 1 aliphatic heterocycles. The van der Waals surface area contributed by atoms with Gasteiger partial charge >= 0.3 is 0 Å². The first-order valence-electron chi connectivity index (χ1n) is 8.36. The summed E-state index contributed by atoms with van der Waals surface area (Å²) >= 11 is 0. The first-order valence-corrected chi connectivity index (χ1v) is 8.36. The number of hydrogen-bond acceptors (Lipinski definition) is 3. The molecule has 1 unspecified atom stereocenters. The molecule has 1 aromatic carbocycles. The zero-order valence-electron chi connectivity index (χ0n) is 13.3. The fourth-order valence-electron chi connectivity index (χ4n) is 2.80. The third kappa shape index (κ3) is 5.77. The lowest BCUT2D eigenvalue weighted by atomic mass is 10.0. The molecule has 0 radical (unpaired) electrons. The van der Waals surface area contributed by atoms with Crippen LogP contribution in [0.2, 0.25) is 0 Å². The van der Waals surface area contributed by atoms with Gasteiger partial charge < -0.3 is 9.84 Å². The summed E-state index contributed by atoms with van der Waals surface area (Å²) in [6.07, 6.45) is 5.96. The normalized spacial score (nSPS) is 17.8. The molecule has 1 heterocycles. The van der Waals surface area contributed by atoms with Crippen LogP contribution in [0.15, 0.2) is 24.3 Å². The summed E-state index contributed by atoms with van der Waals surface area (Å²) in [6, 6.07) is 8.51. The number of rotatable bonds is 8. The van der Waals surface area contributed by atoms with Crippen LogP contribution in [0, 0.1) is 0 Å². The Bertz CT molecular complexity index is 385. The second-order valence-electron chi connectivity index (χ2n) is 5.98. The Kier molecular flexibility index (Phi) is 7.20. The molecule has 0 amide bonds. The van der Waals surface area contributed by atoms with Gasteiger partial charge in [-0.3, -0.25) is 4.90 Å². The van der Waals surface area contributed by atoms with E-state index >= 15 is 0 Å². The van der Waals surface area contributed by atoms with Crippen LogP contribution in [0.1, 0.15) is 49.8 Å². The minimum absolute atomic E-state index is 0.391. The number of hydrogen-bond donors (Lipinski definition) is 1. The van der Waals surface area contributed by atoms with Gasteiger partial charge in [-0.05, 0) is 24.0 Å². The predicted octanol–water partition coefficient (Wildman–Crippen LogP) is 3.18. The molecular formula is C18H29NO2. The Morgan fingerprint density at radius 1 is 1.10 bits per heavy atom. The molecule has 1 aromatic rings. The number of nitrogens with zero attached hydrogens (tertiary/aromatic N) is 1. The molecule has 0 saturated carbocycles. The summed E-state index contributed by atoms with van der Waals surface area (Å²) in [4.78, 5) is 2.27. The summed E-state index contributed by atoms with van der Waals surface area (Å²) in [5.41, 5.74) is 2.41. The second kappa shape index (κ2) is 9.19. The summed E-state index contributed by atoms with van der Waals surface area (Å²) in [7, 11) is 0. The van der Waals surface area contributed by atoms with E-state index in [1.807, 2.05) is 0 Å². The monoisotopic (exact) mass is 291 g/mol. The second-order valence-corrected chi connectivity index (χ2v) is 5.98. The third-order valence-corrected chi connectivity index (χ3v) is 4.22. The predicted molar refractivity (Wildman–Crippen MR) is 86.5 cm³/mol. The Labute approximate surface area is 128 Å². The molecule has 1 N–H and O–H groups in total. The van der Waals surface area contributed by atoms with Crippen molar-refractivity contribution in [3.8, 4) is 0 Å². The van der Waals surface area contributed by atoms with Gasteiger partial charge in [0.15, 0.2) is 0 Å². The van der Waals surface area contributed by atoms with Crippen molar-refractivity contribution >= 4 is 0 Å². The van der Waals surface area contributed by atoms with Crippen LogP contribution < -0.4 is 0 Å². The fourth-order valence-corrected chi connectivity index (χ4v) is 2.80. The number of aliphatic hydroxyl groups is 1. The zero-order valence-corrected chi connectivity index (χ0v) is 13.3. The summed E-state index contributed by atoms with van der Waals surface area (Å²) in [6.45, 7) is 6.36. The van der Waals surface area contributed by atoms with Crippen molar-refractivity contribution in [2.45, 2.75) is 45.1 Å². The highest BCUT2D eigenvalue weighted by molar-refractivity contribution is 5.24. The van der Waals surface area contributed by atoms with Gasteiger partial charge in [0, 0.05) is 19.6 Å². The first-order chi connectivity index (χ1) is 10.3. The number of morpholine rings is 1.